The zero-order valence-electron chi connectivity index (χ0n) is 12.8. The van der Waals surface area contributed by atoms with Gasteiger partial charge in [-0.3, -0.25) is 9.59 Å². The molecule has 4 heteroatoms. The number of hydrogen-bond acceptors (Lipinski definition) is 2. The van der Waals surface area contributed by atoms with Crippen molar-refractivity contribution in [3.05, 3.63) is 41.5 Å². The highest BCUT2D eigenvalue weighted by molar-refractivity contribution is 6.11. The molecule has 1 N–H and O–H groups in total. The van der Waals surface area contributed by atoms with Crippen LogP contribution in [-0.2, 0) is 4.79 Å². The molecule has 1 aromatic rings. The van der Waals surface area contributed by atoms with Crippen molar-refractivity contribution in [3.8, 4) is 0 Å². The van der Waals surface area contributed by atoms with Crippen molar-refractivity contribution >= 4 is 17.5 Å². The smallest absolute Gasteiger partial charge is 0.254 e. The van der Waals surface area contributed by atoms with Gasteiger partial charge in [-0.25, -0.2) is 0 Å². The van der Waals surface area contributed by atoms with Gasteiger partial charge in [-0.1, -0.05) is 37.1 Å². The molecule has 1 aromatic carbocycles. The van der Waals surface area contributed by atoms with E-state index in [1.807, 2.05) is 45.0 Å². The van der Waals surface area contributed by atoms with Crippen LogP contribution in [0.25, 0.3) is 0 Å². The van der Waals surface area contributed by atoms with Crippen molar-refractivity contribution in [1.82, 2.24) is 5.32 Å². The first-order chi connectivity index (χ1) is 10.0. The van der Waals surface area contributed by atoms with Gasteiger partial charge < -0.3 is 10.2 Å². The Bertz CT molecular complexity index is 574. The van der Waals surface area contributed by atoms with Crippen molar-refractivity contribution in [3.63, 3.8) is 0 Å². The number of amides is 2. The normalized spacial score (nSPS) is 17.9. The average molecular weight is 286 g/mol. The zero-order valence-corrected chi connectivity index (χ0v) is 12.8. The second kappa shape index (κ2) is 6.57. The van der Waals surface area contributed by atoms with E-state index in [1.54, 1.807) is 11.0 Å². The molecule has 0 saturated carbocycles. The molecule has 1 atom stereocenters. The van der Waals surface area contributed by atoms with Crippen LogP contribution in [0, 0.1) is 0 Å². The molecule has 2 amide bonds. The number of hydrogen-bond donors (Lipinski definition) is 1. The molecule has 0 radical (unpaired) electrons. The summed E-state index contributed by atoms with van der Waals surface area (Å²) in [5.41, 5.74) is 2.40. The van der Waals surface area contributed by atoms with Crippen LogP contribution < -0.4 is 10.2 Å². The molecule has 112 valence electrons. The Labute approximate surface area is 125 Å². The maximum atomic E-state index is 12.7. The van der Waals surface area contributed by atoms with E-state index < -0.39 is 6.04 Å². The van der Waals surface area contributed by atoms with Gasteiger partial charge in [-0.2, -0.15) is 0 Å². The molecule has 1 heterocycles. The van der Waals surface area contributed by atoms with Gasteiger partial charge in [-0.05, 0) is 32.4 Å². The van der Waals surface area contributed by atoms with E-state index in [1.165, 1.54) is 0 Å². The Morgan fingerprint density at radius 3 is 2.67 bits per heavy atom. The molecule has 0 aliphatic carbocycles. The molecule has 0 spiro atoms. The molecule has 0 aromatic heterocycles. The monoisotopic (exact) mass is 286 g/mol. The summed E-state index contributed by atoms with van der Waals surface area (Å²) < 4.78 is 0. The SMILES string of the molecule is CCCC1NC(=O)c2ccccc2N(CC=C(C)C)C1=O. The topological polar surface area (TPSA) is 49.4 Å². The minimum Gasteiger partial charge on any atom is -0.340 e. The highest BCUT2D eigenvalue weighted by atomic mass is 16.2. The summed E-state index contributed by atoms with van der Waals surface area (Å²) in [7, 11) is 0. The first-order valence-corrected chi connectivity index (χ1v) is 7.39. The van der Waals surface area contributed by atoms with Gasteiger partial charge in [0.2, 0.25) is 5.91 Å². The summed E-state index contributed by atoms with van der Waals surface area (Å²) in [6.45, 7) is 6.51. The van der Waals surface area contributed by atoms with Crippen molar-refractivity contribution < 1.29 is 9.59 Å². The van der Waals surface area contributed by atoms with E-state index >= 15 is 0 Å². The number of rotatable bonds is 4. The molecule has 4 nitrogen and oxygen atoms in total. The number of anilines is 1. The number of carbonyl (C=O) groups is 2. The first-order valence-electron chi connectivity index (χ1n) is 7.39. The van der Waals surface area contributed by atoms with E-state index in [0.29, 0.717) is 24.2 Å². The van der Waals surface area contributed by atoms with E-state index in [9.17, 15) is 9.59 Å². The molecule has 2 rings (SSSR count). The lowest BCUT2D eigenvalue weighted by atomic mass is 10.1. The third kappa shape index (κ3) is 3.32. The van der Waals surface area contributed by atoms with E-state index in [0.717, 1.165) is 12.0 Å². The standard InChI is InChI=1S/C17H22N2O2/c1-4-7-14-17(21)19(11-10-12(2)3)15-9-6-5-8-13(15)16(20)18-14/h5-6,8-10,14H,4,7,11H2,1-3H3,(H,18,20). The first kappa shape index (κ1) is 15.3. The van der Waals surface area contributed by atoms with Crippen LogP contribution in [0.3, 0.4) is 0 Å². The highest BCUT2D eigenvalue weighted by Crippen LogP contribution is 2.25. The van der Waals surface area contributed by atoms with Crippen LogP contribution in [0.2, 0.25) is 0 Å². The summed E-state index contributed by atoms with van der Waals surface area (Å²) >= 11 is 0. The molecular formula is C17H22N2O2. The minimum absolute atomic E-state index is 0.0346. The number of fused-ring (bicyclic) bond motifs is 1. The van der Waals surface area contributed by atoms with Gasteiger partial charge in [0.25, 0.3) is 5.91 Å². The van der Waals surface area contributed by atoms with Gasteiger partial charge in [0.05, 0.1) is 11.3 Å². The number of allylic oxidation sites excluding steroid dienone is 1. The van der Waals surface area contributed by atoms with Crippen LogP contribution in [-0.4, -0.2) is 24.4 Å². The highest BCUT2D eigenvalue weighted by Gasteiger charge is 2.32. The van der Waals surface area contributed by atoms with Crippen LogP contribution in [0.1, 0.15) is 44.0 Å². The minimum atomic E-state index is -0.444. The summed E-state index contributed by atoms with van der Waals surface area (Å²) in [6.07, 6.45) is 3.51. The average Bonchev–Trinajstić information content (AvgIpc) is 2.55. The van der Waals surface area contributed by atoms with Crippen molar-refractivity contribution in [2.24, 2.45) is 0 Å². The van der Waals surface area contributed by atoms with E-state index in [2.05, 4.69) is 5.32 Å². The van der Waals surface area contributed by atoms with Crippen molar-refractivity contribution in [2.45, 2.75) is 39.7 Å². The summed E-state index contributed by atoms with van der Waals surface area (Å²) in [5, 5.41) is 2.85. The molecular weight excluding hydrogens is 264 g/mol. The van der Waals surface area contributed by atoms with E-state index in [-0.39, 0.29) is 11.8 Å². The lowest BCUT2D eigenvalue weighted by molar-refractivity contribution is -0.120. The van der Waals surface area contributed by atoms with Crippen LogP contribution in [0.15, 0.2) is 35.9 Å². The Kier molecular flexibility index (Phi) is 4.78. The van der Waals surface area contributed by atoms with Gasteiger partial charge in [-0.15, -0.1) is 0 Å². The Balaban J connectivity index is 2.45. The maximum Gasteiger partial charge on any atom is 0.254 e. The number of nitrogens with one attached hydrogen (secondary N) is 1. The predicted octanol–water partition coefficient (Wildman–Crippen LogP) is 2.90. The quantitative estimate of drug-likeness (QED) is 0.865. The van der Waals surface area contributed by atoms with Gasteiger partial charge in [0.15, 0.2) is 0 Å². The number of para-hydroxylation sites is 1. The maximum absolute atomic E-state index is 12.7. The Morgan fingerprint density at radius 2 is 2.00 bits per heavy atom. The van der Waals surface area contributed by atoms with Gasteiger partial charge >= 0.3 is 0 Å². The van der Waals surface area contributed by atoms with Crippen LogP contribution in [0.5, 0.6) is 0 Å². The summed E-state index contributed by atoms with van der Waals surface area (Å²) in [5.74, 6) is -0.204. The number of carbonyl (C=O) groups excluding carboxylic acids is 2. The molecule has 0 saturated heterocycles. The second-order valence-corrected chi connectivity index (χ2v) is 5.56. The Hall–Kier alpha value is -2.10. The fourth-order valence-electron chi connectivity index (χ4n) is 2.45. The van der Waals surface area contributed by atoms with Crippen molar-refractivity contribution in [2.75, 3.05) is 11.4 Å². The molecule has 0 bridgehead atoms. The third-order valence-corrected chi connectivity index (χ3v) is 3.57. The summed E-state index contributed by atoms with van der Waals surface area (Å²) in [6, 6.07) is 6.83. The Morgan fingerprint density at radius 1 is 1.29 bits per heavy atom. The van der Waals surface area contributed by atoms with Gasteiger partial charge in [0, 0.05) is 6.54 Å². The number of nitrogens with zero attached hydrogens (tertiary/aromatic N) is 1. The molecule has 1 unspecified atom stereocenters. The molecule has 0 fully saturated rings. The molecule has 1 aliphatic rings. The lowest BCUT2D eigenvalue weighted by Crippen LogP contribution is -2.45. The molecule has 21 heavy (non-hydrogen) atoms. The summed E-state index contributed by atoms with van der Waals surface area (Å²) in [4.78, 5) is 26.8. The fraction of sp³-hybridized carbons (Fsp3) is 0.412. The van der Waals surface area contributed by atoms with E-state index in [4.69, 9.17) is 0 Å². The lowest BCUT2D eigenvalue weighted by Gasteiger charge is -2.24. The third-order valence-electron chi connectivity index (χ3n) is 3.57. The molecule has 1 aliphatic heterocycles. The fourth-order valence-corrected chi connectivity index (χ4v) is 2.45. The number of benzene rings is 1. The second-order valence-electron chi connectivity index (χ2n) is 5.56. The van der Waals surface area contributed by atoms with Gasteiger partial charge in [0.1, 0.15) is 6.04 Å². The van der Waals surface area contributed by atoms with Crippen LogP contribution >= 0.6 is 0 Å². The zero-order chi connectivity index (χ0) is 15.4. The van der Waals surface area contributed by atoms with Crippen molar-refractivity contribution in [1.29, 1.82) is 0 Å². The predicted molar refractivity (Wildman–Crippen MR) is 84.4 cm³/mol. The van der Waals surface area contributed by atoms with Crippen LogP contribution in [0.4, 0.5) is 5.69 Å². The largest absolute Gasteiger partial charge is 0.340 e.